The molecule has 0 fully saturated rings. The SMILES string of the molecule is Cc1nc(C(=O)N2CCCc3cc([C@H](C)C(=O)Nc4ccc(F)cn4)ccc32)no1. The Morgan fingerprint density at radius 1 is 1.27 bits per heavy atom. The minimum absolute atomic E-state index is 0.0315. The van der Waals surface area contributed by atoms with Crippen molar-refractivity contribution < 1.29 is 18.5 Å². The average molecular weight is 409 g/mol. The minimum atomic E-state index is -0.467. The molecule has 1 aromatic carbocycles. The third kappa shape index (κ3) is 3.91. The second-order valence-corrected chi connectivity index (χ2v) is 7.16. The Morgan fingerprint density at radius 2 is 2.10 bits per heavy atom. The first kappa shape index (κ1) is 19.7. The molecule has 1 atom stereocenters. The standard InChI is InChI=1S/C21H20FN5O3/c1-12(20(28)25-18-8-6-16(22)11-23-18)14-5-7-17-15(10-14)4-3-9-27(17)21(29)19-24-13(2)30-26-19/h5-8,10-12H,3-4,9H2,1-2H3,(H,23,25,28)/t12-/m0/s1. The van der Waals surface area contributed by atoms with Crippen LogP contribution in [-0.2, 0) is 11.2 Å². The third-order valence-corrected chi connectivity index (χ3v) is 5.06. The predicted octanol–water partition coefficient (Wildman–Crippen LogP) is 3.25. The number of nitrogens with one attached hydrogen (secondary N) is 1. The first-order chi connectivity index (χ1) is 14.4. The first-order valence-electron chi connectivity index (χ1n) is 9.60. The van der Waals surface area contributed by atoms with E-state index in [1.54, 1.807) is 18.7 Å². The summed E-state index contributed by atoms with van der Waals surface area (Å²) in [5.41, 5.74) is 2.58. The average Bonchev–Trinajstić information content (AvgIpc) is 3.19. The van der Waals surface area contributed by atoms with Gasteiger partial charge in [-0.2, -0.15) is 4.98 Å². The topological polar surface area (TPSA) is 101 Å². The van der Waals surface area contributed by atoms with Crippen LogP contribution in [-0.4, -0.2) is 33.5 Å². The number of aromatic nitrogens is 3. The van der Waals surface area contributed by atoms with Crippen LogP contribution < -0.4 is 10.2 Å². The lowest BCUT2D eigenvalue weighted by atomic mass is 9.93. The lowest BCUT2D eigenvalue weighted by Gasteiger charge is -2.29. The van der Waals surface area contributed by atoms with Crippen molar-refractivity contribution in [3.63, 3.8) is 0 Å². The Balaban J connectivity index is 1.53. The number of carbonyl (C=O) groups is 2. The van der Waals surface area contributed by atoms with Crippen LogP contribution in [0.2, 0.25) is 0 Å². The number of pyridine rings is 1. The maximum absolute atomic E-state index is 13.0. The van der Waals surface area contributed by atoms with Crippen molar-refractivity contribution in [1.82, 2.24) is 15.1 Å². The minimum Gasteiger partial charge on any atom is -0.339 e. The van der Waals surface area contributed by atoms with Crippen molar-refractivity contribution in [1.29, 1.82) is 0 Å². The van der Waals surface area contributed by atoms with E-state index in [1.807, 2.05) is 18.2 Å². The number of carbonyl (C=O) groups excluding carboxylic acids is 2. The van der Waals surface area contributed by atoms with Crippen LogP contribution in [0.25, 0.3) is 0 Å². The van der Waals surface area contributed by atoms with Crippen LogP contribution in [0.5, 0.6) is 0 Å². The smallest absolute Gasteiger partial charge is 0.299 e. The normalized spacial score (nSPS) is 14.2. The van der Waals surface area contributed by atoms with E-state index in [0.717, 1.165) is 35.9 Å². The van der Waals surface area contributed by atoms with E-state index in [4.69, 9.17) is 4.52 Å². The van der Waals surface area contributed by atoms with E-state index in [9.17, 15) is 14.0 Å². The van der Waals surface area contributed by atoms with E-state index in [1.165, 1.54) is 12.1 Å². The molecule has 0 radical (unpaired) electrons. The Bertz CT molecular complexity index is 1100. The number of hydrogen-bond acceptors (Lipinski definition) is 6. The lowest BCUT2D eigenvalue weighted by Crippen LogP contribution is -2.36. The Hall–Kier alpha value is -3.62. The highest BCUT2D eigenvalue weighted by Gasteiger charge is 2.28. The van der Waals surface area contributed by atoms with Gasteiger partial charge in [0.1, 0.15) is 11.6 Å². The zero-order valence-corrected chi connectivity index (χ0v) is 16.6. The first-order valence-corrected chi connectivity index (χ1v) is 9.60. The summed E-state index contributed by atoms with van der Waals surface area (Å²) in [5, 5.41) is 6.41. The number of amides is 2. The molecule has 4 rings (SSSR count). The Kier molecular flexibility index (Phi) is 5.26. The van der Waals surface area contributed by atoms with E-state index >= 15 is 0 Å². The van der Waals surface area contributed by atoms with E-state index < -0.39 is 11.7 Å². The highest BCUT2D eigenvalue weighted by atomic mass is 19.1. The molecule has 1 aliphatic rings. The van der Waals surface area contributed by atoms with Crippen LogP contribution >= 0.6 is 0 Å². The number of aryl methyl sites for hydroxylation is 2. The third-order valence-electron chi connectivity index (χ3n) is 5.06. The van der Waals surface area contributed by atoms with Crippen LogP contribution in [0.15, 0.2) is 41.1 Å². The molecule has 9 heteroatoms. The molecule has 2 aromatic heterocycles. The number of fused-ring (bicyclic) bond motifs is 1. The molecular weight excluding hydrogens is 389 g/mol. The number of halogens is 1. The Morgan fingerprint density at radius 3 is 2.80 bits per heavy atom. The van der Waals surface area contributed by atoms with Gasteiger partial charge in [-0.15, -0.1) is 0 Å². The predicted molar refractivity (Wildman–Crippen MR) is 107 cm³/mol. The van der Waals surface area contributed by atoms with Gasteiger partial charge >= 0.3 is 0 Å². The summed E-state index contributed by atoms with van der Waals surface area (Å²) in [6.45, 7) is 3.98. The molecule has 3 aromatic rings. The second-order valence-electron chi connectivity index (χ2n) is 7.16. The quantitative estimate of drug-likeness (QED) is 0.710. The van der Waals surface area contributed by atoms with Gasteiger partial charge in [-0.25, -0.2) is 9.37 Å². The molecule has 0 saturated heterocycles. The van der Waals surface area contributed by atoms with Crippen LogP contribution in [0.1, 0.15) is 46.9 Å². The van der Waals surface area contributed by atoms with Crippen LogP contribution in [0.4, 0.5) is 15.9 Å². The van der Waals surface area contributed by atoms with E-state index in [0.29, 0.717) is 18.3 Å². The van der Waals surface area contributed by atoms with Gasteiger partial charge in [0.15, 0.2) is 0 Å². The molecule has 8 nitrogen and oxygen atoms in total. The lowest BCUT2D eigenvalue weighted by molar-refractivity contribution is -0.117. The van der Waals surface area contributed by atoms with Crippen LogP contribution in [0.3, 0.4) is 0 Å². The molecule has 0 unspecified atom stereocenters. The zero-order valence-electron chi connectivity index (χ0n) is 16.6. The van der Waals surface area contributed by atoms with Gasteiger partial charge in [0.25, 0.3) is 11.7 Å². The van der Waals surface area contributed by atoms with Gasteiger partial charge in [0.2, 0.25) is 11.8 Å². The molecule has 2 amide bonds. The van der Waals surface area contributed by atoms with E-state index in [-0.39, 0.29) is 17.6 Å². The number of anilines is 2. The second kappa shape index (κ2) is 8.02. The summed E-state index contributed by atoms with van der Waals surface area (Å²) < 4.78 is 17.9. The largest absolute Gasteiger partial charge is 0.339 e. The molecule has 154 valence electrons. The van der Waals surface area contributed by atoms with Gasteiger partial charge < -0.3 is 14.7 Å². The van der Waals surface area contributed by atoms with Crippen molar-refractivity contribution >= 4 is 23.3 Å². The Labute approximate surface area is 172 Å². The van der Waals surface area contributed by atoms with Crippen molar-refractivity contribution in [2.75, 3.05) is 16.8 Å². The van der Waals surface area contributed by atoms with Crippen molar-refractivity contribution in [3.8, 4) is 0 Å². The summed E-state index contributed by atoms with van der Waals surface area (Å²) in [7, 11) is 0. The van der Waals surface area contributed by atoms with Crippen molar-refractivity contribution in [2.45, 2.75) is 32.6 Å². The van der Waals surface area contributed by atoms with Gasteiger partial charge in [0.05, 0.1) is 12.1 Å². The molecule has 0 spiro atoms. The molecular formula is C21H20FN5O3. The number of hydrogen-bond donors (Lipinski definition) is 1. The fourth-order valence-corrected chi connectivity index (χ4v) is 3.44. The fraction of sp³-hybridized carbons (Fsp3) is 0.286. The van der Waals surface area contributed by atoms with Crippen LogP contribution in [0, 0.1) is 12.7 Å². The van der Waals surface area contributed by atoms with Crippen molar-refractivity contribution in [2.24, 2.45) is 0 Å². The van der Waals surface area contributed by atoms with Gasteiger partial charge in [-0.1, -0.05) is 17.3 Å². The maximum Gasteiger partial charge on any atom is 0.299 e. The summed E-state index contributed by atoms with van der Waals surface area (Å²) in [6, 6.07) is 8.26. The summed E-state index contributed by atoms with van der Waals surface area (Å²) in [5.74, 6) is -0.823. The number of rotatable bonds is 4. The van der Waals surface area contributed by atoms with Gasteiger partial charge in [-0.05, 0) is 49.1 Å². The summed E-state index contributed by atoms with van der Waals surface area (Å²) in [6.07, 6.45) is 2.64. The highest BCUT2D eigenvalue weighted by molar-refractivity contribution is 6.04. The monoisotopic (exact) mass is 409 g/mol. The van der Waals surface area contributed by atoms with E-state index in [2.05, 4.69) is 20.4 Å². The molecule has 3 heterocycles. The number of nitrogens with zero attached hydrogens (tertiary/aromatic N) is 4. The highest BCUT2D eigenvalue weighted by Crippen LogP contribution is 2.31. The zero-order chi connectivity index (χ0) is 21.3. The summed E-state index contributed by atoms with van der Waals surface area (Å²) >= 11 is 0. The molecule has 0 bridgehead atoms. The maximum atomic E-state index is 13.0. The fourth-order valence-electron chi connectivity index (χ4n) is 3.44. The van der Waals surface area contributed by atoms with Gasteiger partial charge in [0, 0.05) is 19.2 Å². The van der Waals surface area contributed by atoms with Gasteiger partial charge in [-0.3, -0.25) is 9.59 Å². The molecule has 0 saturated carbocycles. The molecule has 0 aliphatic carbocycles. The molecule has 1 aliphatic heterocycles. The van der Waals surface area contributed by atoms with Crippen molar-refractivity contribution in [3.05, 3.63) is 65.2 Å². The molecule has 30 heavy (non-hydrogen) atoms. The summed E-state index contributed by atoms with van der Waals surface area (Å²) in [4.78, 5) is 34.9. The number of benzene rings is 1. The molecule has 1 N–H and O–H groups in total.